The Labute approximate surface area is 156 Å². The van der Waals surface area contributed by atoms with Crippen LogP contribution in [0.5, 0.6) is 0 Å². The molecule has 4 heterocycles. The maximum Gasteiger partial charge on any atom is 0.276 e. The normalized spacial score (nSPS) is 11.6. The van der Waals surface area contributed by atoms with Crippen molar-refractivity contribution in [2.24, 2.45) is 0 Å². The minimum Gasteiger partial charge on any atom is -0.377 e. The van der Waals surface area contributed by atoms with Crippen LogP contribution in [-0.4, -0.2) is 28.6 Å². The van der Waals surface area contributed by atoms with Crippen LogP contribution in [0.1, 0.15) is 0 Å². The second-order valence-electron chi connectivity index (χ2n) is 6.22. The van der Waals surface area contributed by atoms with Crippen molar-refractivity contribution in [3.05, 3.63) is 58.6 Å². The van der Waals surface area contributed by atoms with Gasteiger partial charge in [0, 0.05) is 35.8 Å². The van der Waals surface area contributed by atoms with Crippen molar-refractivity contribution in [1.29, 1.82) is 0 Å². The zero-order valence-electron chi connectivity index (χ0n) is 14.1. The number of anilines is 1. The molecule has 5 nitrogen and oxygen atoms in total. The summed E-state index contributed by atoms with van der Waals surface area (Å²) in [6.45, 7) is 0. The van der Waals surface area contributed by atoms with E-state index >= 15 is 0 Å². The van der Waals surface area contributed by atoms with Crippen molar-refractivity contribution in [2.45, 2.75) is 0 Å². The number of thiophene rings is 2. The van der Waals surface area contributed by atoms with Crippen LogP contribution in [0.15, 0.2) is 53.0 Å². The van der Waals surface area contributed by atoms with Crippen molar-refractivity contribution >= 4 is 58.9 Å². The van der Waals surface area contributed by atoms with Gasteiger partial charge in [-0.25, -0.2) is 9.97 Å². The Morgan fingerprint density at radius 2 is 1.96 bits per heavy atom. The van der Waals surface area contributed by atoms with Crippen molar-refractivity contribution < 1.29 is 0 Å². The van der Waals surface area contributed by atoms with Crippen LogP contribution in [0.2, 0.25) is 0 Å². The molecule has 0 aliphatic heterocycles. The lowest BCUT2D eigenvalue weighted by Crippen LogP contribution is -2.17. The van der Waals surface area contributed by atoms with Crippen molar-refractivity contribution in [2.75, 3.05) is 19.0 Å². The Balaban J connectivity index is 1.85. The van der Waals surface area contributed by atoms with E-state index in [1.165, 1.54) is 11.3 Å². The van der Waals surface area contributed by atoms with E-state index in [1.807, 2.05) is 48.6 Å². The van der Waals surface area contributed by atoms with Gasteiger partial charge in [-0.2, -0.15) is 0 Å². The van der Waals surface area contributed by atoms with Gasteiger partial charge in [0.2, 0.25) is 0 Å². The molecule has 0 radical (unpaired) electrons. The Kier molecular flexibility index (Phi) is 3.35. The highest BCUT2D eigenvalue weighted by atomic mass is 32.1. The van der Waals surface area contributed by atoms with Gasteiger partial charge in [-0.15, -0.1) is 22.7 Å². The van der Waals surface area contributed by atoms with E-state index in [9.17, 15) is 4.79 Å². The third-order valence-corrected chi connectivity index (χ3v) is 6.49. The number of benzene rings is 1. The molecule has 5 rings (SSSR count). The molecule has 0 saturated heterocycles. The van der Waals surface area contributed by atoms with E-state index in [0.29, 0.717) is 4.70 Å². The first-order chi connectivity index (χ1) is 12.6. The average Bonchev–Trinajstić information content (AvgIpc) is 3.24. The van der Waals surface area contributed by atoms with Gasteiger partial charge in [0.05, 0.1) is 22.3 Å². The highest BCUT2D eigenvalue weighted by Gasteiger charge is 2.17. The Bertz CT molecular complexity index is 1350. The fraction of sp³-hybridized carbons (Fsp3) is 0.105. The third-order valence-electron chi connectivity index (χ3n) is 4.46. The molecule has 26 heavy (non-hydrogen) atoms. The summed E-state index contributed by atoms with van der Waals surface area (Å²) in [5.74, 6) is 0. The van der Waals surface area contributed by atoms with Gasteiger partial charge in [-0.1, -0.05) is 18.2 Å². The van der Waals surface area contributed by atoms with Gasteiger partial charge < -0.3 is 4.90 Å². The summed E-state index contributed by atoms with van der Waals surface area (Å²) in [6, 6.07) is 10.0. The Morgan fingerprint density at radius 3 is 2.81 bits per heavy atom. The molecule has 0 fully saturated rings. The predicted molar refractivity (Wildman–Crippen MR) is 110 cm³/mol. The summed E-state index contributed by atoms with van der Waals surface area (Å²) in [4.78, 5) is 25.2. The van der Waals surface area contributed by atoms with Crippen molar-refractivity contribution in [1.82, 2.24) is 14.5 Å². The van der Waals surface area contributed by atoms with Crippen molar-refractivity contribution in [3.8, 4) is 5.69 Å². The number of fused-ring (bicyclic) bond motifs is 4. The van der Waals surface area contributed by atoms with Crippen LogP contribution >= 0.6 is 22.7 Å². The molecule has 7 heteroatoms. The number of hydrogen-bond donors (Lipinski definition) is 0. The topological polar surface area (TPSA) is 51.0 Å². The van der Waals surface area contributed by atoms with Crippen molar-refractivity contribution in [3.63, 3.8) is 0 Å². The highest BCUT2D eigenvalue weighted by Crippen LogP contribution is 2.35. The van der Waals surface area contributed by atoms with Crippen LogP contribution in [-0.2, 0) is 0 Å². The minimum absolute atomic E-state index is 0.0498. The predicted octanol–water partition coefficient (Wildman–Crippen LogP) is 4.28. The summed E-state index contributed by atoms with van der Waals surface area (Å²) in [7, 11) is 3.97. The molecule has 0 aliphatic rings. The zero-order chi connectivity index (χ0) is 17.8. The maximum atomic E-state index is 13.2. The molecule has 0 N–H and O–H groups in total. The fourth-order valence-corrected chi connectivity index (χ4v) is 5.21. The average molecular weight is 378 g/mol. The molecule has 128 valence electrons. The van der Waals surface area contributed by atoms with Gasteiger partial charge in [0.1, 0.15) is 15.9 Å². The van der Waals surface area contributed by atoms with E-state index in [2.05, 4.69) is 16.0 Å². The van der Waals surface area contributed by atoms with Crippen LogP contribution in [0.4, 0.5) is 5.69 Å². The molecule has 0 spiro atoms. The molecule has 4 aromatic heterocycles. The summed E-state index contributed by atoms with van der Waals surface area (Å²) in [6.07, 6.45) is 3.41. The number of aromatic nitrogens is 3. The fourth-order valence-electron chi connectivity index (χ4n) is 3.23. The maximum absolute atomic E-state index is 13.2. The van der Waals surface area contributed by atoms with E-state index in [1.54, 1.807) is 28.4 Å². The summed E-state index contributed by atoms with van der Waals surface area (Å²) in [5.41, 5.74) is 2.57. The van der Waals surface area contributed by atoms with Gasteiger partial charge in [-0.3, -0.25) is 9.36 Å². The zero-order valence-corrected chi connectivity index (χ0v) is 15.8. The van der Waals surface area contributed by atoms with Crippen LogP contribution in [0.3, 0.4) is 0 Å². The second-order valence-corrected chi connectivity index (χ2v) is 8.13. The van der Waals surface area contributed by atoms with Crippen LogP contribution in [0.25, 0.3) is 36.2 Å². The van der Waals surface area contributed by atoms with E-state index in [4.69, 9.17) is 0 Å². The van der Waals surface area contributed by atoms with Gasteiger partial charge in [-0.05, 0) is 12.1 Å². The lowest BCUT2D eigenvalue weighted by Gasteiger charge is -2.13. The van der Waals surface area contributed by atoms with E-state index < -0.39 is 0 Å². The number of rotatable bonds is 2. The second kappa shape index (κ2) is 5.62. The summed E-state index contributed by atoms with van der Waals surface area (Å²) >= 11 is 3.04. The first-order valence-corrected chi connectivity index (χ1v) is 9.77. The first kappa shape index (κ1) is 15.5. The smallest absolute Gasteiger partial charge is 0.276 e. The molecule has 0 bridgehead atoms. The minimum atomic E-state index is -0.0498. The Morgan fingerprint density at radius 1 is 1.12 bits per heavy atom. The molecule has 5 aromatic rings. The van der Waals surface area contributed by atoms with Crippen LogP contribution in [0, 0.1) is 0 Å². The number of pyridine rings is 1. The van der Waals surface area contributed by atoms with Crippen LogP contribution < -0.4 is 10.5 Å². The van der Waals surface area contributed by atoms with E-state index in [-0.39, 0.29) is 5.56 Å². The standard InChI is InChI=1S/C19H14N4OS2/c1-22(2)12-7-8-20-18-15(12)16-17(26-18)19(24)23(10-21-16)13-9-25-14-6-4-3-5-11(13)14/h3-10H,1-2H3. The summed E-state index contributed by atoms with van der Waals surface area (Å²) < 4.78 is 3.44. The molecular weight excluding hydrogens is 364 g/mol. The molecule has 0 atom stereocenters. The van der Waals surface area contributed by atoms with Gasteiger partial charge in [0.25, 0.3) is 5.56 Å². The molecule has 0 saturated carbocycles. The first-order valence-electron chi connectivity index (χ1n) is 8.08. The van der Waals surface area contributed by atoms with E-state index in [0.717, 1.165) is 37.2 Å². The lowest BCUT2D eigenvalue weighted by molar-refractivity contribution is 0.980. The van der Waals surface area contributed by atoms with Gasteiger partial charge in [0.15, 0.2) is 0 Å². The lowest BCUT2D eigenvalue weighted by atomic mass is 10.2. The SMILES string of the molecule is CN(C)c1ccnc2sc3c(=O)n(-c4csc5ccccc45)cnc3c12. The molecule has 0 amide bonds. The summed E-state index contributed by atoms with van der Waals surface area (Å²) in [5, 5.41) is 4.02. The molecule has 0 unspecified atom stereocenters. The highest BCUT2D eigenvalue weighted by molar-refractivity contribution is 7.25. The number of hydrogen-bond acceptors (Lipinski definition) is 6. The quantitative estimate of drug-likeness (QED) is 0.460. The third kappa shape index (κ3) is 2.11. The van der Waals surface area contributed by atoms with Gasteiger partial charge >= 0.3 is 0 Å². The Hall–Kier alpha value is -2.77. The molecule has 1 aromatic carbocycles. The molecule has 0 aliphatic carbocycles. The monoisotopic (exact) mass is 378 g/mol. The largest absolute Gasteiger partial charge is 0.377 e. The molecular formula is C19H14N4OS2. The number of nitrogens with zero attached hydrogens (tertiary/aromatic N) is 4.